The third kappa shape index (κ3) is 18.8. The molecule has 0 bridgehead atoms. The molecule has 0 spiro atoms. The SMILES string of the molecule is CCC(C)[C@H](NC(=O)[C@H](Cc1c[nH]c2ccccc12)NC(C)=O)C(=O)N[C@@H](CCC(N)=O)C(=O)NCCOCCNC(=O)CN(CCNC(C)=O)CCNC(C)=O. The zero-order chi connectivity index (χ0) is 42.3. The molecule has 10 N–H and O–H groups in total. The molecule has 19 nitrogen and oxygen atoms in total. The lowest BCUT2D eigenvalue weighted by atomic mass is 9.96. The summed E-state index contributed by atoms with van der Waals surface area (Å²) in [5, 5.41) is 19.8. The number of nitrogens with zero attached hydrogens (tertiary/aromatic N) is 1. The number of fused-ring (bicyclic) bond motifs is 1. The van der Waals surface area contributed by atoms with E-state index in [2.05, 4.69) is 42.2 Å². The Morgan fingerprint density at radius 1 is 0.754 bits per heavy atom. The number of rotatable bonds is 27. The van der Waals surface area contributed by atoms with Gasteiger partial charge in [-0.15, -0.1) is 0 Å². The number of hydrogen-bond acceptors (Lipinski definition) is 10. The molecule has 8 amide bonds. The van der Waals surface area contributed by atoms with E-state index in [-0.39, 0.29) is 75.7 Å². The number of carbonyl (C=O) groups excluding carboxylic acids is 8. The van der Waals surface area contributed by atoms with Crippen molar-refractivity contribution in [3.05, 3.63) is 36.0 Å². The molecule has 0 radical (unpaired) electrons. The molecular formula is C38H60N10O9. The molecule has 19 heteroatoms. The van der Waals surface area contributed by atoms with Crippen LogP contribution in [-0.2, 0) is 49.5 Å². The maximum atomic E-state index is 13.7. The number of ether oxygens (including phenoxy) is 1. The first-order chi connectivity index (χ1) is 27.1. The van der Waals surface area contributed by atoms with Gasteiger partial charge in [0.15, 0.2) is 0 Å². The summed E-state index contributed by atoms with van der Waals surface area (Å²) in [6.07, 6.45) is 2.14. The number of benzene rings is 1. The number of carbonyl (C=O) groups is 8. The van der Waals surface area contributed by atoms with Crippen molar-refractivity contribution in [2.45, 2.75) is 78.4 Å². The molecule has 0 saturated heterocycles. The second-order valence-electron chi connectivity index (χ2n) is 13.8. The van der Waals surface area contributed by atoms with E-state index in [0.717, 1.165) is 16.5 Å². The third-order valence-corrected chi connectivity index (χ3v) is 8.98. The molecule has 1 aromatic carbocycles. The Kier molecular flexibility index (Phi) is 21.3. The molecule has 0 aliphatic rings. The molecule has 0 aliphatic carbocycles. The van der Waals surface area contributed by atoms with Gasteiger partial charge in [0.05, 0.1) is 19.8 Å². The van der Waals surface area contributed by atoms with Gasteiger partial charge in [0, 0.05) is 90.0 Å². The van der Waals surface area contributed by atoms with E-state index < -0.39 is 47.7 Å². The summed E-state index contributed by atoms with van der Waals surface area (Å²) >= 11 is 0. The Labute approximate surface area is 333 Å². The predicted octanol–water partition coefficient (Wildman–Crippen LogP) is -1.68. The number of nitrogens with one attached hydrogen (secondary N) is 8. The summed E-state index contributed by atoms with van der Waals surface area (Å²) in [5.41, 5.74) is 7.02. The van der Waals surface area contributed by atoms with Gasteiger partial charge in [0.25, 0.3) is 0 Å². The van der Waals surface area contributed by atoms with Crippen molar-refractivity contribution in [2.75, 3.05) is 59.0 Å². The molecule has 2 rings (SSSR count). The van der Waals surface area contributed by atoms with Crippen LogP contribution in [-0.4, -0.2) is 134 Å². The number of H-pyrrole nitrogens is 1. The quantitative estimate of drug-likeness (QED) is 0.0463. The van der Waals surface area contributed by atoms with Gasteiger partial charge in [-0.1, -0.05) is 38.5 Å². The van der Waals surface area contributed by atoms with Gasteiger partial charge >= 0.3 is 0 Å². The summed E-state index contributed by atoms with van der Waals surface area (Å²) in [6, 6.07) is 4.30. The van der Waals surface area contributed by atoms with Crippen molar-refractivity contribution in [3.63, 3.8) is 0 Å². The van der Waals surface area contributed by atoms with Gasteiger partial charge in [0.1, 0.15) is 18.1 Å². The minimum absolute atomic E-state index is 0.0378. The highest BCUT2D eigenvalue weighted by Crippen LogP contribution is 2.19. The zero-order valence-electron chi connectivity index (χ0n) is 33.6. The van der Waals surface area contributed by atoms with E-state index in [0.29, 0.717) is 32.6 Å². The maximum absolute atomic E-state index is 13.7. The average molecular weight is 801 g/mol. The fourth-order valence-corrected chi connectivity index (χ4v) is 5.79. The first-order valence-electron chi connectivity index (χ1n) is 19.2. The highest BCUT2D eigenvalue weighted by molar-refractivity contribution is 5.95. The smallest absolute Gasteiger partial charge is 0.243 e. The fraction of sp³-hybridized carbons (Fsp3) is 0.579. The number of para-hydroxylation sites is 1. The minimum Gasteiger partial charge on any atom is -0.378 e. The van der Waals surface area contributed by atoms with Crippen molar-refractivity contribution in [1.82, 2.24) is 47.1 Å². The highest BCUT2D eigenvalue weighted by atomic mass is 16.5. The van der Waals surface area contributed by atoms with E-state index in [4.69, 9.17) is 10.5 Å². The Hall–Kier alpha value is -5.56. The Bertz CT molecular complexity index is 1650. The number of hydrogen-bond donors (Lipinski definition) is 9. The van der Waals surface area contributed by atoms with E-state index in [1.807, 2.05) is 31.2 Å². The number of aromatic amines is 1. The van der Waals surface area contributed by atoms with E-state index in [1.165, 1.54) is 20.8 Å². The molecule has 4 atom stereocenters. The van der Waals surface area contributed by atoms with Crippen LogP contribution in [0.25, 0.3) is 10.9 Å². The van der Waals surface area contributed by atoms with Crippen molar-refractivity contribution in [3.8, 4) is 0 Å². The van der Waals surface area contributed by atoms with Crippen LogP contribution < -0.4 is 43.0 Å². The molecule has 1 unspecified atom stereocenters. The van der Waals surface area contributed by atoms with Crippen LogP contribution in [0.1, 0.15) is 59.4 Å². The van der Waals surface area contributed by atoms with Gasteiger partial charge < -0.3 is 52.7 Å². The number of aromatic nitrogens is 1. The summed E-state index contributed by atoms with van der Waals surface area (Å²) < 4.78 is 5.54. The van der Waals surface area contributed by atoms with Crippen molar-refractivity contribution >= 4 is 58.2 Å². The summed E-state index contributed by atoms with van der Waals surface area (Å²) in [4.78, 5) is 104. The lowest BCUT2D eigenvalue weighted by molar-refractivity contribution is -0.134. The lowest BCUT2D eigenvalue weighted by Gasteiger charge is -2.28. The normalized spacial score (nSPS) is 13.1. The number of primary amides is 1. The van der Waals surface area contributed by atoms with Crippen LogP contribution in [0.2, 0.25) is 0 Å². The first-order valence-corrected chi connectivity index (χ1v) is 19.2. The number of nitrogens with two attached hydrogens (primary N) is 1. The van der Waals surface area contributed by atoms with Crippen LogP contribution in [0.15, 0.2) is 30.5 Å². The van der Waals surface area contributed by atoms with Crippen LogP contribution in [0, 0.1) is 5.92 Å². The van der Waals surface area contributed by atoms with Crippen molar-refractivity contribution < 1.29 is 43.1 Å². The van der Waals surface area contributed by atoms with Crippen molar-refractivity contribution in [2.24, 2.45) is 11.7 Å². The predicted molar refractivity (Wildman–Crippen MR) is 212 cm³/mol. The van der Waals surface area contributed by atoms with Crippen molar-refractivity contribution in [1.29, 1.82) is 0 Å². The molecule has 2 aromatic rings. The molecule has 1 heterocycles. The molecular weight excluding hydrogens is 740 g/mol. The third-order valence-electron chi connectivity index (χ3n) is 8.98. The monoisotopic (exact) mass is 800 g/mol. The standard InChI is InChI=1S/C38H60N10O9/c1-6-24(2)35(47-37(55)32(45-27(5)51)21-28-22-44-30-10-8-7-9-29(28)30)38(56)46-31(11-12-33(39)52)36(54)43-16-20-57-19-15-42-34(53)23-48(17-13-40-25(3)49)18-14-41-26(4)50/h7-10,22,24,31-32,35,44H,6,11-21,23H2,1-5H3,(H2,39,52)(H,40,49)(H,41,50)(H,42,53)(H,43,54)(H,45,51)(H,46,56)(H,47,55)/t24?,31-,32-,35-/m0/s1. The molecule has 57 heavy (non-hydrogen) atoms. The average Bonchev–Trinajstić information content (AvgIpc) is 3.56. The summed E-state index contributed by atoms with van der Waals surface area (Å²) in [6.45, 7) is 9.68. The summed E-state index contributed by atoms with van der Waals surface area (Å²) in [7, 11) is 0. The second kappa shape index (κ2) is 25.6. The maximum Gasteiger partial charge on any atom is 0.243 e. The highest BCUT2D eigenvalue weighted by Gasteiger charge is 2.32. The van der Waals surface area contributed by atoms with Crippen LogP contribution in [0.3, 0.4) is 0 Å². The zero-order valence-corrected chi connectivity index (χ0v) is 33.6. The minimum atomic E-state index is -1.16. The first kappa shape index (κ1) is 47.6. The van der Waals surface area contributed by atoms with Gasteiger partial charge in [-0.2, -0.15) is 0 Å². The molecule has 0 aliphatic heterocycles. The Morgan fingerprint density at radius 2 is 1.39 bits per heavy atom. The summed E-state index contributed by atoms with van der Waals surface area (Å²) in [5.74, 6) is -3.94. The molecule has 0 fully saturated rings. The molecule has 0 saturated carbocycles. The van der Waals surface area contributed by atoms with Gasteiger partial charge in [-0.05, 0) is 24.0 Å². The van der Waals surface area contributed by atoms with E-state index in [9.17, 15) is 38.4 Å². The van der Waals surface area contributed by atoms with Gasteiger partial charge in [-0.3, -0.25) is 43.3 Å². The molecule has 316 valence electrons. The fourth-order valence-electron chi connectivity index (χ4n) is 5.79. The topological polar surface area (TPSA) is 275 Å². The largest absolute Gasteiger partial charge is 0.378 e. The molecule has 1 aromatic heterocycles. The van der Waals surface area contributed by atoms with Gasteiger partial charge in [-0.25, -0.2) is 0 Å². The van der Waals surface area contributed by atoms with E-state index >= 15 is 0 Å². The van der Waals surface area contributed by atoms with Gasteiger partial charge in [0.2, 0.25) is 47.3 Å². The Balaban J connectivity index is 1.93. The van der Waals surface area contributed by atoms with E-state index in [1.54, 1.807) is 18.0 Å². The second-order valence-corrected chi connectivity index (χ2v) is 13.8. The van der Waals surface area contributed by atoms with Crippen LogP contribution >= 0.6 is 0 Å². The lowest BCUT2D eigenvalue weighted by Crippen LogP contribution is -2.58. The number of amides is 8. The van der Waals surface area contributed by atoms with Crippen LogP contribution in [0.5, 0.6) is 0 Å². The Morgan fingerprint density at radius 3 is 1.98 bits per heavy atom. The van der Waals surface area contributed by atoms with Crippen LogP contribution in [0.4, 0.5) is 0 Å².